The molecule has 40 heavy (non-hydrogen) atoms. The van der Waals surface area contributed by atoms with Crippen molar-refractivity contribution < 1.29 is 29.3 Å². The van der Waals surface area contributed by atoms with Crippen LogP contribution < -0.4 is 10.6 Å². The third kappa shape index (κ3) is 7.99. The van der Waals surface area contributed by atoms with Gasteiger partial charge >= 0.3 is 6.09 Å². The number of amides is 3. The van der Waals surface area contributed by atoms with E-state index < -0.39 is 35.6 Å². The highest BCUT2D eigenvalue weighted by Crippen LogP contribution is 2.28. The number of para-hydroxylation sites is 1. The van der Waals surface area contributed by atoms with Crippen LogP contribution >= 0.6 is 0 Å². The Kier molecular flexibility index (Phi) is 9.42. The monoisotopic (exact) mass is 547 g/mol. The van der Waals surface area contributed by atoms with Gasteiger partial charge in [0.2, 0.25) is 5.91 Å². The Hall–Kier alpha value is -4.53. The number of carbonyl (C=O) groups excluding carboxylic acids is 3. The van der Waals surface area contributed by atoms with Gasteiger partial charge in [0.25, 0.3) is 5.91 Å². The fourth-order valence-corrected chi connectivity index (χ4v) is 4.20. The fraction of sp³-hybridized carbons (Fsp3) is 0.323. The zero-order valence-corrected chi connectivity index (χ0v) is 23.7. The third-order valence-electron chi connectivity index (χ3n) is 6.29. The normalized spacial score (nSPS) is 12.7. The molecule has 0 saturated heterocycles. The highest BCUT2D eigenvalue weighted by molar-refractivity contribution is 5.99. The van der Waals surface area contributed by atoms with Crippen LogP contribution in [0.2, 0.25) is 0 Å². The first-order valence-electron chi connectivity index (χ1n) is 13.0. The molecule has 3 rings (SSSR count). The summed E-state index contributed by atoms with van der Waals surface area (Å²) in [5.41, 5.74) is 2.37. The average molecular weight is 548 g/mol. The first kappa shape index (κ1) is 30.0. The van der Waals surface area contributed by atoms with Gasteiger partial charge in [0, 0.05) is 19.2 Å². The number of phenols is 2. The summed E-state index contributed by atoms with van der Waals surface area (Å²) in [6, 6.07) is 16.1. The van der Waals surface area contributed by atoms with Gasteiger partial charge in [-0.1, -0.05) is 36.4 Å². The molecule has 0 fully saturated rings. The molecule has 212 valence electrons. The van der Waals surface area contributed by atoms with Crippen molar-refractivity contribution in [3.05, 3.63) is 89.0 Å². The van der Waals surface area contributed by atoms with Gasteiger partial charge in [-0.05, 0) is 87.2 Å². The lowest BCUT2D eigenvalue weighted by atomic mass is 9.99. The molecular weight excluding hydrogens is 510 g/mol. The van der Waals surface area contributed by atoms with Gasteiger partial charge in [0.1, 0.15) is 29.2 Å². The summed E-state index contributed by atoms with van der Waals surface area (Å²) in [5.74, 6) is -0.863. The number of aryl methyl sites for hydroxylation is 2. The summed E-state index contributed by atoms with van der Waals surface area (Å²) in [7, 11) is 1.49. The van der Waals surface area contributed by atoms with Crippen molar-refractivity contribution in [2.45, 2.75) is 58.7 Å². The maximum Gasteiger partial charge on any atom is 0.408 e. The molecule has 0 heterocycles. The number of anilines is 1. The highest BCUT2D eigenvalue weighted by atomic mass is 16.6. The van der Waals surface area contributed by atoms with E-state index in [2.05, 4.69) is 10.6 Å². The second-order valence-electron chi connectivity index (χ2n) is 10.8. The van der Waals surface area contributed by atoms with Crippen LogP contribution in [0.25, 0.3) is 0 Å². The summed E-state index contributed by atoms with van der Waals surface area (Å²) >= 11 is 0. The Morgan fingerprint density at radius 2 is 1.57 bits per heavy atom. The van der Waals surface area contributed by atoms with Crippen LogP contribution in [0.1, 0.15) is 49.1 Å². The van der Waals surface area contributed by atoms with Crippen molar-refractivity contribution in [2.75, 3.05) is 12.4 Å². The minimum atomic E-state index is -1.09. The predicted molar refractivity (Wildman–Crippen MR) is 153 cm³/mol. The third-order valence-corrected chi connectivity index (χ3v) is 6.29. The molecule has 0 saturated carbocycles. The number of hydrogen-bond donors (Lipinski definition) is 4. The molecule has 3 amide bonds. The molecule has 2 unspecified atom stereocenters. The Morgan fingerprint density at radius 1 is 0.925 bits per heavy atom. The van der Waals surface area contributed by atoms with E-state index in [0.717, 1.165) is 5.56 Å². The van der Waals surface area contributed by atoms with Gasteiger partial charge < -0.3 is 30.5 Å². The molecular formula is C31H37N3O6. The summed E-state index contributed by atoms with van der Waals surface area (Å²) in [4.78, 5) is 41.7. The number of nitrogens with one attached hydrogen (secondary N) is 2. The summed E-state index contributed by atoms with van der Waals surface area (Å²) in [5, 5.41) is 25.3. The number of rotatable bonds is 8. The van der Waals surface area contributed by atoms with Crippen molar-refractivity contribution >= 4 is 23.6 Å². The van der Waals surface area contributed by atoms with E-state index in [9.17, 15) is 24.6 Å². The van der Waals surface area contributed by atoms with E-state index in [1.807, 2.05) is 19.1 Å². The van der Waals surface area contributed by atoms with Crippen LogP contribution in [0, 0.1) is 13.8 Å². The molecule has 0 spiro atoms. The van der Waals surface area contributed by atoms with Crippen LogP contribution in [-0.4, -0.2) is 51.7 Å². The molecule has 0 aromatic heterocycles. The lowest BCUT2D eigenvalue weighted by Crippen LogP contribution is -2.52. The standard InChI is InChI=1S/C31H37N3O6/c1-19-9-7-8-10-24(19)32-28(37)27(22-13-16-26(36)20(2)17-22)34(6)29(38)25(33-30(39)40-31(3,4)5)18-21-11-14-23(35)15-12-21/h7-17,25,27,35-36H,18H2,1-6H3,(H,32,37)(H,33,39). The van der Waals surface area contributed by atoms with Gasteiger partial charge in [0.15, 0.2) is 0 Å². The quantitative estimate of drug-likeness (QED) is 0.315. The topological polar surface area (TPSA) is 128 Å². The van der Waals surface area contributed by atoms with Crippen LogP contribution in [0.5, 0.6) is 11.5 Å². The Morgan fingerprint density at radius 3 is 2.17 bits per heavy atom. The Labute approximate surface area is 234 Å². The molecule has 3 aromatic carbocycles. The predicted octanol–water partition coefficient (Wildman–Crippen LogP) is 4.99. The smallest absolute Gasteiger partial charge is 0.408 e. The van der Waals surface area contributed by atoms with E-state index in [-0.39, 0.29) is 17.9 Å². The highest BCUT2D eigenvalue weighted by Gasteiger charge is 2.34. The maximum atomic E-state index is 14.0. The molecule has 2 atom stereocenters. The molecule has 0 radical (unpaired) electrons. The number of hydrogen-bond acceptors (Lipinski definition) is 6. The first-order valence-corrected chi connectivity index (χ1v) is 13.0. The molecule has 0 aliphatic carbocycles. The van der Waals surface area contributed by atoms with E-state index in [1.165, 1.54) is 30.1 Å². The summed E-state index contributed by atoms with van der Waals surface area (Å²) < 4.78 is 5.40. The molecule has 0 aliphatic heterocycles. The average Bonchev–Trinajstić information content (AvgIpc) is 2.87. The number of carbonyl (C=O) groups is 3. The molecule has 0 aliphatic rings. The van der Waals surface area contributed by atoms with Crippen LogP contribution in [0.4, 0.5) is 10.5 Å². The SMILES string of the molecule is Cc1cc(C(C(=O)Nc2ccccc2C)N(C)C(=O)C(Cc2ccc(O)cc2)NC(=O)OC(C)(C)C)ccc1O. The molecule has 3 aromatic rings. The zero-order chi connectivity index (χ0) is 29.6. The largest absolute Gasteiger partial charge is 0.508 e. The van der Waals surface area contributed by atoms with Crippen molar-refractivity contribution in [1.29, 1.82) is 0 Å². The van der Waals surface area contributed by atoms with Gasteiger partial charge in [-0.3, -0.25) is 9.59 Å². The Bertz CT molecular complexity index is 1360. The van der Waals surface area contributed by atoms with Crippen LogP contribution in [0.15, 0.2) is 66.7 Å². The second kappa shape index (κ2) is 12.5. The molecule has 4 N–H and O–H groups in total. The fourth-order valence-electron chi connectivity index (χ4n) is 4.20. The molecule has 0 bridgehead atoms. The minimum absolute atomic E-state index is 0.0626. The van der Waals surface area contributed by atoms with Gasteiger partial charge in [-0.25, -0.2) is 4.79 Å². The number of aromatic hydroxyl groups is 2. The van der Waals surface area contributed by atoms with Crippen molar-refractivity contribution in [1.82, 2.24) is 10.2 Å². The van der Waals surface area contributed by atoms with E-state index in [4.69, 9.17) is 4.74 Å². The van der Waals surface area contributed by atoms with E-state index in [1.54, 1.807) is 64.1 Å². The van der Waals surface area contributed by atoms with E-state index in [0.29, 0.717) is 22.4 Å². The lowest BCUT2D eigenvalue weighted by Gasteiger charge is -2.32. The minimum Gasteiger partial charge on any atom is -0.508 e. The number of likely N-dealkylation sites (N-methyl/N-ethyl adjacent to an activating group) is 1. The zero-order valence-electron chi connectivity index (χ0n) is 23.7. The molecule has 9 heteroatoms. The van der Waals surface area contributed by atoms with Crippen LogP contribution in [0.3, 0.4) is 0 Å². The molecule has 9 nitrogen and oxygen atoms in total. The van der Waals surface area contributed by atoms with Crippen molar-refractivity contribution in [3.8, 4) is 11.5 Å². The first-order chi connectivity index (χ1) is 18.7. The van der Waals surface area contributed by atoms with Gasteiger partial charge in [-0.2, -0.15) is 0 Å². The second-order valence-corrected chi connectivity index (χ2v) is 10.8. The number of benzene rings is 3. The number of nitrogens with zero attached hydrogens (tertiary/aromatic N) is 1. The number of ether oxygens (including phenoxy) is 1. The summed E-state index contributed by atoms with van der Waals surface area (Å²) in [6.45, 7) is 8.72. The van der Waals surface area contributed by atoms with E-state index >= 15 is 0 Å². The van der Waals surface area contributed by atoms with Gasteiger partial charge in [0.05, 0.1) is 0 Å². The van der Waals surface area contributed by atoms with Crippen molar-refractivity contribution in [2.24, 2.45) is 0 Å². The van der Waals surface area contributed by atoms with Gasteiger partial charge in [-0.15, -0.1) is 0 Å². The maximum absolute atomic E-state index is 14.0. The van der Waals surface area contributed by atoms with Crippen LogP contribution in [-0.2, 0) is 20.7 Å². The number of alkyl carbamates (subject to hydrolysis) is 1. The Balaban J connectivity index is 1.99. The lowest BCUT2D eigenvalue weighted by molar-refractivity contribution is -0.139. The number of phenolic OH excluding ortho intramolecular Hbond substituents is 2. The summed E-state index contributed by atoms with van der Waals surface area (Å²) in [6.07, 6.45) is -0.692. The van der Waals surface area contributed by atoms with Crippen molar-refractivity contribution in [3.63, 3.8) is 0 Å².